The molecule has 76 valence electrons. The molecular weight excluding hydrogens is 201 g/mol. The van der Waals surface area contributed by atoms with E-state index in [1.165, 1.54) is 6.07 Å². The Balaban J connectivity index is 2.62. The fraction of sp³-hybridized carbons (Fsp3) is 0.300. The molecule has 0 aromatic heterocycles. The van der Waals surface area contributed by atoms with Crippen molar-refractivity contribution in [2.24, 2.45) is 0 Å². The number of carbonyl (C=O) groups excluding carboxylic acids is 1. The molecule has 1 N–H and O–H groups in total. The van der Waals surface area contributed by atoms with Crippen molar-refractivity contribution in [2.75, 3.05) is 0 Å². The molecule has 0 saturated carbocycles. The molecule has 0 aliphatic heterocycles. The van der Waals surface area contributed by atoms with E-state index in [0.29, 0.717) is 4.90 Å². The van der Waals surface area contributed by atoms with Gasteiger partial charge in [0.25, 0.3) is 0 Å². The standard InChI is InChI=1S/C10H12FNOS/c1-10(2,7-13)12-14-9-6-4-3-5-8(9)11/h3-7,12H,1-2H3. The Morgan fingerprint density at radius 2 is 2.07 bits per heavy atom. The number of hydrogen-bond donors (Lipinski definition) is 1. The Kier molecular flexibility index (Phi) is 3.66. The highest BCUT2D eigenvalue weighted by atomic mass is 32.2. The predicted octanol–water partition coefficient (Wildman–Crippen LogP) is 2.40. The molecule has 0 atom stereocenters. The van der Waals surface area contributed by atoms with Gasteiger partial charge in [-0.1, -0.05) is 12.1 Å². The third kappa shape index (κ3) is 3.12. The van der Waals surface area contributed by atoms with E-state index in [2.05, 4.69) is 4.72 Å². The molecule has 0 radical (unpaired) electrons. The fourth-order valence-corrected chi connectivity index (χ4v) is 1.47. The van der Waals surface area contributed by atoms with Gasteiger partial charge in [0.2, 0.25) is 0 Å². The summed E-state index contributed by atoms with van der Waals surface area (Å²) in [7, 11) is 0. The molecule has 0 aliphatic carbocycles. The van der Waals surface area contributed by atoms with Gasteiger partial charge in [-0.3, -0.25) is 0 Å². The molecule has 0 amide bonds. The van der Waals surface area contributed by atoms with Gasteiger partial charge in [-0.05, 0) is 37.9 Å². The van der Waals surface area contributed by atoms with Crippen LogP contribution in [0.4, 0.5) is 4.39 Å². The van der Waals surface area contributed by atoms with Crippen molar-refractivity contribution in [1.29, 1.82) is 0 Å². The minimum Gasteiger partial charge on any atom is -0.301 e. The molecule has 0 unspecified atom stereocenters. The SMILES string of the molecule is CC(C)(C=O)NSc1ccccc1F. The molecule has 0 aliphatic rings. The van der Waals surface area contributed by atoms with Crippen molar-refractivity contribution in [3.05, 3.63) is 30.1 Å². The number of nitrogens with one attached hydrogen (secondary N) is 1. The van der Waals surface area contributed by atoms with Crippen LogP contribution in [0.1, 0.15) is 13.8 Å². The van der Waals surface area contributed by atoms with Gasteiger partial charge in [0.15, 0.2) is 0 Å². The van der Waals surface area contributed by atoms with Crippen LogP contribution in [0.2, 0.25) is 0 Å². The molecule has 0 saturated heterocycles. The van der Waals surface area contributed by atoms with E-state index in [1.807, 2.05) is 0 Å². The lowest BCUT2D eigenvalue weighted by Gasteiger charge is -2.17. The maximum Gasteiger partial charge on any atom is 0.140 e. The van der Waals surface area contributed by atoms with Crippen LogP contribution in [0, 0.1) is 5.82 Å². The maximum absolute atomic E-state index is 13.1. The van der Waals surface area contributed by atoms with E-state index < -0.39 is 5.54 Å². The number of hydrogen-bond acceptors (Lipinski definition) is 3. The van der Waals surface area contributed by atoms with Crippen molar-refractivity contribution in [3.8, 4) is 0 Å². The molecule has 1 rings (SSSR count). The lowest BCUT2D eigenvalue weighted by Crippen LogP contribution is -2.35. The molecule has 1 aromatic rings. The van der Waals surface area contributed by atoms with Gasteiger partial charge in [-0.15, -0.1) is 0 Å². The third-order valence-corrected chi connectivity index (χ3v) is 2.73. The monoisotopic (exact) mass is 213 g/mol. The average Bonchev–Trinajstić information content (AvgIpc) is 2.17. The first-order valence-corrected chi connectivity index (χ1v) is 5.02. The van der Waals surface area contributed by atoms with Crippen LogP contribution >= 0.6 is 11.9 Å². The molecule has 2 nitrogen and oxygen atoms in total. The third-order valence-electron chi connectivity index (χ3n) is 1.56. The van der Waals surface area contributed by atoms with Crippen molar-refractivity contribution in [1.82, 2.24) is 4.72 Å². The summed E-state index contributed by atoms with van der Waals surface area (Å²) in [6.07, 6.45) is 0.793. The lowest BCUT2D eigenvalue weighted by atomic mass is 10.1. The van der Waals surface area contributed by atoms with Gasteiger partial charge in [0.05, 0.1) is 10.4 Å². The molecule has 14 heavy (non-hydrogen) atoms. The Labute approximate surface area is 87.0 Å². The van der Waals surface area contributed by atoms with Crippen LogP contribution in [0.5, 0.6) is 0 Å². The molecule has 0 spiro atoms. The van der Waals surface area contributed by atoms with Crippen molar-refractivity contribution >= 4 is 18.2 Å². The van der Waals surface area contributed by atoms with Gasteiger partial charge < -0.3 is 4.79 Å². The number of halogens is 1. The zero-order valence-corrected chi connectivity index (χ0v) is 8.90. The van der Waals surface area contributed by atoms with E-state index in [0.717, 1.165) is 18.2 Å². The molecular formula is C10H12FNOS. The Morgan fingerprint density at radius 3 is 2.64 bits per heavy atom. The maximum atomic E-state index is 13.1. The average molecular weight is 213 g/mol. The molecule has 0 heterocycles. The second kappa shape index (κ2) is 4.57. The molecule has 0 bridgehead atoms. The highest BCUT2D eigenvalue weighted by Crippen LogP contribution is 2.20. The van der Waals surface area contributed by atoms with Crippen molar-refractivity contribution < 1.29 is 9.18 Å². The second-order valence-electron chi connectivity index (χ2n) is 3.47. The first-order valence-electron chi connectivity index (χ1n) is 4.20. The smallest absolute Gasteiger partial charge is 0.140 e. The summed E-state index contributed by atoms with van der Waals surface area (Å²) in [5, 5.41) is 0. The lowest BCUT2D eigenvalue weighted by molar-refractivity contribution is -0.111. The van der Waals surface area contributed by atoms with E-state index >= 15 is 0 Å². The van der Waals surface area contributed by atoms with Crippen LogP contribution in [0.3, 0.4) is 0 Å². The summed E-state index contributed by atoms with van der Waals surface area (Å²) in [6.45, 7) is 3.46. The van der Waals surface area contributed by atoms with E-state index in [4.69, 9.17) is 0 Å². The van der Waals surface area contributed by atoms with E-state index in [-0.39, 0.29) is 5.82 Å². The normalized spacial score (nSPS) is 11.4. The minimum absolute atomic E-state index is 0.285. The van der Waals surface area contributed by atoms with Gasteiger partial charge in [-0.2, -0.15) is 0 Å². The zero-order valence-electron chi connectivity index (χ0n) is 8.08. The van der Waals surface area contributed by atoms with Crippen molar-refractivity contribution in [3.63, 3.8) is 0 Å². The fourth-order valence-electron chi connectivity index (χ4n) is 0.738. The predicted molar refractivity (Wildman–Crippen MR) is 55.5 cm³/mol. The largest absolute Gasteiger partial charge is 0.301 e. The molecule has 0 fully saturated rings. The van der Waals surface area contributed by atoms with Gasteiger partial charge in [-0.25, -0.2) is 9.11 Å². The summed E-state index contributed by atoms with van der Waals surface area (Å²) in [4.78, 5) is 11.1. The summed E-state index contributed by atoms with van der Waals surface area (Å²) in [5.74, 6) is -0.285. The van der Waals surface area contributed by atoms with Crippen LogP contribution in [0.25, 0.3) is 0 Å². The Bertz CT molecular complexity index is 328. The first-order chi connectivity index (χ1) is 6.55. The Morgan fingerprint density at radius 1 is 1.43 bits per heavy atom. The van der Waals surface area contributed by atoms with E-state index in [1.54, 1.807) is 32.0 Å². The summed E-state index contributed by atoms with van der Waals surface area (Å²) in [6, 6.07) is 6.43. The quantitative estimate of drug-likeness (QED) is 0.615. The minimum atomic E-state index is -0.646. The van der Waals surface area contributed by atoms with Gasteiger partial charge >= 0.3 is 0 Å². The summed E-state index contributed by atoms with van der Waals surface area (Å²) < 4.78 is 16.0. The van der Waals surface area contributed by atoms with Crippen molar-refractivity contribution in [2.45, 2.75) is 24.3 Å². The number of rotatable bonds is 4. The second-order valence-corrected chi connectivity index (χ2v) is 4.32. The number of aldehydes is 1. The summed E-state index contributed by atoms with van der Waals surface area (Å²) in [5.41, 5.74) is -0.646. The number of carbonyl (C=O) groups is 1. The van der Waals surface area contributed by atoms with Gasteiger partial charge in [0, 0.05) is 0 Å². The molecule has 4 heteroatoms. The summed E-state index contributed by atoms with van der Waals surface area (Å²) >= 11 is 1.12. The number of benzene rings is 1. The Hall–Kier alpha value is -0.870. The van der Waals surface area contributed by atoms with E-state index in [9.17, 15) is 9.18 Å². The highest BCUT2D eigenvalue weighted by molar-refractivity contribution is 7.97. The topological polar surface area (TPSA) is 29.1 Å². The van der Waals surface area contributed by atoms with Crippen LogP contribution in [-0.4, -0.2) is 11.8 Å². The zero-order chi connectivity index (χ0) is 10.6. The van der Waals surface area contributed by atoms with Crippen LogP contribution in [-0.2, 0) is 4.79 Å². The highest BCUT2D eigenvalue weighted by Gasteiger charge is 2.16. The molecule has 1 aromatic carbocycles. The first kappa shape index (κ1) is 11.2. The van der Waals surface area contributed by atoms with Crippen LogP contribution in [0.15, 0.2) is 29.2 Å². The van der Waals surface area contributed by atoms with Gasteiger partial charge in [0.1, 0.15) is 12.1 Å². The van der Waals surface area contributed by atoms with Crippen LogP contribution < -0.4 is 4.72 Å².